The second-order valence-electron chi connectivity index (χ2n) is 4.42. The van der Waals surface area contributed by atoms with Crippen molar-refractivity contribution in [3.05, 3.63) is 23.9 Å². The molecule has 1 aromatic rings. The SMILES string of the molecule is CCCCN(C)C(=O)c1cccc(NCCC)n1. The van der Waals surface area contributed by atoms with Gasteiger partial charge in [0.1, 0.15) is 11.5 Å². The first-order chi connectivity index (χ1) is 8.69. The maximum absolute atomic E-state index is 12.1. The predicted molar refractivity (Wildman–Crippen MR) is 74.9 cm³/mol. The van der Waals surface area contributed by atoms with Crippen molar-refractivity contribution in [2.45, 2.75) is 33.1 Å². The molecule has 0 radical (unpaired) electrons. The molecule has 4 heteroatoms. The largest absolute Gasteiger partial charge is 0.370 e. The van der Waals surface area contributed by atoms with Crippen molar-refractivity contribution in [2.24, 2.45) is 0 Å². The molecule has 0 spiro atoms. The number of nitrogens with zero attached hydrogens (tertiary/aromatic N) is 2. The van der Waals surface area contributed by atoms with E-state index >= 15 is 0 Å². The first-order valence-corrected chi connectivity index (χ1v) is 6.65. The van der Waals surface area contributed by atoms with E-state index < -0.39 is 0 Å². The van der Waals surface area contributed by atoms with Crippen molar-refractivity contribution < 1.29 is 4.79 Å². The summed E-state index contributed by atoms with van der Waals surface area (Å²) in [7, 11) is 1.83. The molecule has 0 aromatic carbocycles. The average molecular weight is 249 g/mol. The van der Waals surface area contributed by atoms with Gasteiger partial charge in [0.2, 0.25) is 0 Å². The third-order valence-electron chi connectivity index (χ3n) is 2.72. The normalized spacial score (nSPS) is 10.2. The minimum Gasteiger partial charge on any atom is -0.370 e. The number of carbonyl (C=O) groups excluding carboxylic acids is 1. The lowest BCUT2D eigenvalue weighted by atomic mass is 10.3. The maximum atomic E-state index is 12.1. The Morgan fingerprint density at radius 3 is 2.78 bits per heavy atom. The molecule has 1 N–H and O–H groups in total. The van der Waals surface area contributed by atoms with Crippen LogP contribution in [-0.2, 0) is 0 Å². The van der Waals surface area contributed by atoms with Crippen LogP contribution in [0.15, 0.2) is 18.2 Å². The highest BCUT2D eigenvalue weighted by Gasteiger charge is 2.12. The van der Waals surface area contributed by atoms with E-state index in [1.54, 1.807) is 11.0 Å². The van der Waals surface area contributed by atoms with Crippen molar-refractivity contribution in [3.8, 4) is 0 Å². The Balaban J connectivity index is 2.67. The summed E-state index contributed by atoms with van der Waals surface area (Å²) in [4.78, 5) is 18.2. The van der Waals surface area contributed by atoms with Crippen LogP contribution in [0.1, 0.15) is 43.6 Å². The van der Waals surface area contributed by atoms with Gasteiger partial charge in [0.15, 0.2) is 0 Å². The molecular weight excluding hydrogens is 226 g/mol. The smallest absolute Gasteiger partial charge is 0.272 e. The zero-order valence-electron chi connectivity index (χ0n) is 11.6. The fourth-order valence-electron chi connectivity index (χ4n) is 1.60. The van der Waals surface area contributed by atoms with Crippen molar-refractivity contribution in [1.82, 2.24) is 9.88 Å². The summed E-state index contributed by atoms with van der Waals surface area (Å²) in [5.41, 5.74) is 0.509. The Hall–Kier alpha value is -1.58. The Morgan fingerprint density at radius 1 is 1.33 bits per heavy atom. The molecule has 0 bridgehead atoms. The molecule has 0 aliphatic rings. The predicted octanol–water partition coefficient (Wildman–Crippen LogP) is 2.78. The lowest BCUT2D eigenvalue weighted by Crippen LogP contribution is -2.28. The van der Waals surface area contributed by atoms with E-state index in [1.165, 1.54) is 0 Å². The van der Waals surface area contributed by atoms with E-state index in [9.17, 15) is 4.79 Å². The first kappa shape index (κ1) is 14.5. The number of nitrogens with one attached hydrogen (secondary N) is 1. The third-order valence-corrected chi connectivity index (χ3v) is 2.72. The van der Waals surface area contributed by atoms with Gasteiger partial charge in [-0.2, -0.15) is 0 Å². The topological polar surface area (TPSA) is 45.2 Å². The first-order valence-electron chi connectivity index (χ1n) is 6.65. The molecule has 0 aliphatic heterocycles. The highest BCUT2D eigenvalue weighted by atomic mass is 16.2. The Kier molecular flexibility index (Phi) is 6.19. The van der Waals surface area contributed by atoms with Crippen LogP contribution < -0.4 is 5.32 Å². The lowest BCUT2D eigenvalue weighted by molar-refractivity contribution is 0.0787. The summed E-state index contributed by atoms with van der Waals surface area (Å²) in [6.45, 7) is 5.87. The second-order valence-corrected chi connectivity index (χ2v) is 4.42. The number of pyridine rings is 1. The molecule has 1 rings (SSSR count). The summed E-state index contributed by atoms with van der Waals surface area (Å²) in [6.07, 6.45) is 3.15. The van der Waals surface area contributed by atoms with Crippen LogP contribution in [0.2, 0.25) is 0 Å². The molecule has 0 saturated heterocycles. The van der Waals surface area contributed by atoms with Gasteiger partial charge in [0.05, 0.1) is 0 Å². The Labute approximate surface area is 109 Å². The number of hydrogen-bond acceptors (Lipinski definition) is 3. The van der Waals surface area contributed by atoms with Crippen molar-refractivity contribution >= 4 is 11.7 Å². The van der Waals surface area contributed by atoms with Gasteiger partial charge >= 0.3 is 0 Å². The van der Waals surface area contributed by atoms with Crippen molar-refractivity contribution in [3.63, 3.8) is 0 Å². The molecule has 0 aliphatic carbocycles. The van der Waals surface area contributed by atoms with Gasteiger partial charge in [-0.1, -0.05) is 26.3 Å². The molecule has 1 aromatic heterocycles. The monoisotopic (exact) mass is 249 g/mol. The second kappa shape index (κ2) is 7.69. The summed E-state index contributed by atoms with van der Waals surface area (Å²) >= 11 is 0. The third kappa shape index (κ3) is 4.35. The van der Waals surface area contributed by atoms with Crippen LogP contribution >= 0.6 is 0 Å². The standard InChI is InChI=1S/C14H23N3O/c1-4-6-11-17(3)14(18)12-8-7-9-13(16-12)15-10-5-2/h7-9H,4-6,10-11H2,1-3H3,(H,15,16). The van der Waals surface area contributed by atoms with E-state index in [1.807, 2.05) is 19.2 Å². The molecule has 0 atom stereocenters. The lowest BCUT2D eigenvalue weighted by Gasteiger charge is -2.16. The van der Waals surface area contributed by atoms with E-state index in [-0.39, 0.29) is 5.91 Å². The van der Waals surface area contributed by atoms with Crippen LogP contribution in [0.3, 0.4) is 0 Å². The molecule has 1 amide bonds. The summed E-state index contributed by atoms with van der Waals surface area (Å²) in [5.74, 6) is 0.759. The fourth-order valence-corrected chi connectivity index (χ4v) is 1.60. The van der Waals surface area contributed by atoms with Gasteiger partial charge in [-0.3, -0.25) is 4.79 Å². The molecule has 1 heterocycles. The van der Waals surface area contributed by atoms with E-state index in [0.717, 1.165) is 38.2 Å². The fraction of sp³-hybridized carbons (Fsp3) is 0.571. The van der Waals surface area contributed by atoms with Crippen LogP contribution in [-0.4, -0.2) is 35.9 Å². The minimum atomic E-state index is -0.0106. The number of anilines is 1. The van der Waals surface area contributed by atoms with Crippen LogP contribution in [0, 0.1) is 0 Å². The number of rotatable bonds is 7. The molecular formula is C14H23N3O. The number of aromatic nitrogens is 1. The molecule has 0 fully saturated rings. The minimum absolute atomic E-state index is 0.0106. The van der Waals surface area contributed by atoms with Crippen LogP contribution in [0.5, 0.6) is 0 Å². The number of amides is 1. The number of hydrogen-bond donors (Lipinski definition) is 1. The zero-order chi connectivity index (χ0) is 13.4. The van der Waals surface area contributed by atoms with Crippen molar-refractivity contribution in [2.75, 3.05) is 25.5 Å². The zero-order valence-corrected chi connectivity index (χ0v) is 11.6. The van der Waals surface area contributed by atoms with E-state index in [4.69, 9.17) is 0 Å². The molecule has 100 valence electrons. The number of unbranched alkanes of at least 4 members (excludes halogenated alkanes) is 1. The Bertz CT molecular complexity index is 379. The summed E-state index contributed by atoms with van der Waals surface area (Å²) in [5, 5.41) is 3.19. The van der Waals surface area contributed by atoms with Gasteiger partial charge in [-0.15, -0.1) is 0 Å². The molecule has 0 saturated carbocycles. The van der Waals surface area contributed by atoms with Crippen molar-refractivity contribution in [1.29, 1.82) is 0 Å². The maximum Gasteiger partial charge on any atom is 0.272 e. The quantitative estimate of drug-likeness (QED) is 0.808. The van der Waals surface area contributed by atoms with Gasteiger partial charge in [0.25, 0.3) is 5.91 Å². The highest BCUT2D eigenvalue weighted by Crippen LogP contribution is 2.07. The van der Waals surface area contributed by atoms with E-state index in [0.29, 0.717) is 5.69 Å². The summed E-state index contributed by atoms with van der Waals surface area (Å²) in [6, 6.07) is 5.52. The molecule has 18 heavy (non-hydrogen) atoms. The van der Waals surface area contributed by atoms with Gasteiger partial charge in [0, 0.05) is 20.1 Å². The number of carbonyl (C=O) groups is 1. The Morgan fingerprint density at radius 2 is 2.11 bits per heavy atom. The molecule has 4 nitrogen and oxygen atoms in total. The van der Waals surface area contributed by atoms with Gasteiger partial charge < -0.3 is 10.2 Å². The van der Waals surface area contributed by atoms with Gasteiger partial charge in [-0.05, 0) is 25.0 Å². The average Bonchev–Trinajstić information content (AvgIpc) is 2.42. The molecule has 0 unspecified atom stereocenters. The van der Waals surface area contributed by atoms with Crippen LogP contribution in [0.4, 0.5) is 5.82 Å². The van der Waals surface area contributed by atoms with Crippen LogP contribution in [0.25, 0.3) is 0 Å². The summed E-state index contributed by atoms with van der Waals surface area (Å²) < 4.78 is 0. The highest BCUT2D eigenvalue weighted by molar-refractivity contribution is 5.92. The van der Waals surface area contributed by atoms with E-state index in [2.05, 4.69) is 24.1 Å². The van der Waals surface area contributed by atoms with Gasteiger partial charge in [-0.25, -0.2) is 4.98 Å².